The fourth-order valence-electron chi connectivity index (χ4n) is 2.74. The molecule has 1 aromatic rings. The van der Waals surface area contributed by atoms with Crippen LogP contribution in [0.2, 0.25) is 5.02 Å². The number of hydrogen-bond donors (Lipinski definition) is 1. The van der Waals surface area contributed by atoms with E-state index in [4.69, 9.17) is 21.1 Å². The third-order valence-electron chi connectivity index (χ3n) is 4.39. The largest absolute Gasteiger partial charge is 0.491 e. The van der Waals surface area contributed by atoms with Crippen molar-refractivity contribution in [1.82, 2.24) is 4.90 Å². The number of carbonyl (C=O) groups is 1. The third kappa shape index (κ3) is 4.83. The molecule has 0 aromatic heterocycles. The fraction of sp³-hybridized carbons (Fsp3) is 0.588. The van der Waals surface area contributed by atoms with Gasteiger partial charge in [0, 0.05) is 18.1 Å². The first-order chi connectivity index (χ1) is 11.2. The molecule has 2 aliphatic rings. The zero-order valence-electron chi connectivity index (χ0n) is 13.2. The predicted molar refractivity (Wildman–Crippen MR) is 90.2 cm³/mol. The molecule has 6 heteroatoms. The van der Waals surface area contributed by atoms with Gasteiger partial charge in [0.25, 0.3) is 0 Å². The molecule has 126 valence electrons. The van der Waals surface area contributed by atoms with Crippen LogP contribution in [0.1, 0.15) is 19.3 Å². The fourth-order valence-corrected chi connectivity index (χ4v) is 2.92. The lowest BCUT2D eigenvalue weighted by atomic mass is 9.86. The van der Waals surface area contributed by atoms with Gasteiger partial charge in [-0.3, -0.25) is 9.69 Å². The van der Waals surface area contributed by atoms with Crippen LogP contribution in [0.5, 0.6) is 5.75 Å². The number of benzene rings is 1. The molecule has 2 fully saturated rings. The highest BCUT2D eigenvalue weighted by atomic mass is 35.5. The van der Waals surface area contributed by atoms with Crippen molar-refractivity contribution < 1.29 is 14.3 Å². The number of hydrogen-bond acceptors (Lipinski definition) is 4. The average Bonchev–Trinajstić information content (AvgIpc) is 2.48. The van der Waals surface area contributed by atoms with Crippen molar-refractivity contribution in [2.75, 3.05) is 44.8 Å². The van der Waals surface area contributed by atoms with Crippen molar-refractivity contribution >= 4 is 23.2 Å². The standard InChI is InChI=1S/C17H23ClN2O3/c18-14-4-5-16(23-12-13-2-1-3-13)15(10-14)19-17(21)11-20-6-8-22-9-7-20/h4-5,10,13H,1-3,6-9,11-12H2,(H,19,21). The molecule has 0 radical (unpaired) electrons. The minimum atomic E-state index is -0.0531. The monoisotopic (exact) mass is 338 g/mol. The van der Waals surface area contributed by atoms with Gasteiger partial charge in [0.15, 0.2) is 0 Å². The van der Waals surface area contributed by atoms with E-state index in [-0.39, 0.29) is 5.91 Å². The van der Waals surface area contributed by atoms with Crippen LogP contribution >= 0.6 is 11.6 Å². The smallest absolute Gasteiger partial charge is 0.238 e. The Morgan fingerprint density at radius 1 is 1.35 bits per heavy atom. The first kappa shape index (κ1) is 16.6. The van der Waals surface area contributed by atoms with E-state index in [1.165, 1.54) is 19.3 Å². The Balaban J connectivity index is 1.57. The van der Waals surface area contributed by atoms with Gasteiger partial charge in [0.2, 0.25) is 5.91 Å². The number of anilines is 1. The highest BCUT2D eigenvalue weighted by Crippen LogP contribution is 2.31. The lowest BCUT2D eigenvalue weighted by molar-refractivity contribution is -0.118. The maximum Gasteiger partial charge on any atom is 0.238 e. The van der Waals surface area contributed by atoms with E-state index in [1.54, 1.807) is 12.1 Å². The zero-order chi connectivity index (χ0) is 16.1. The van der Waals surface area contributed by atoms with E-state index in [1.807, 2.05) is 6.07 Å². The second-order valence-corrected chi connectivity index (χ2v) is 6.62. The second-order valence-electron chi connectivity index (χ2n) is 6.19. The van der Waals surface area contributed by atoms with Crippen LogP contribution in [0.3, 0.4) is 0 Å². The molecule has 1 saturated heterocycles. The summed E-state index contributed by atoms with van der Waals surface area (Å²) >= 11 is 6.06. The van der Waals surface area contributed by atoms with Crippen molar-refractivity contribution in [3.63, 3.8) is 0 Å². The Bertz CT molecular complexity index is 543. The van der Waals surface area contributed by atoms with Crippen molar-refractivity contribution in [3.05, 3.63) is 23.2 Å². The van der Waals surface area contributed by atoms with Crippen LogP contribution in [0.15, 0.2) is 18.2 Å². The Morgan fingerprint density at radius 3 is 2.83 bits per heavy atom. The van der Waals surface area contributed by atoms with Gasteiger partial charge in [0.1, 0.15) is 5.75 Å². The van der Waals surface area contributed by atoms with Gasteiger partial charge in [-0.1, -0.05) is 18.0 Å². The summed E-state index contributed by atoms with van der Waals surface area (Å²) in [5.74, 6) is 1.28. The predicted octanol–water partition coefficient (Wildman–Crippen LogP) is 2.79. The van der Waals surface area contributed by atoms with E-state index in [2.05, 4.69) is 10.2 Å². The number of halogens is 1. The summed E-state index contributed by atoms with van der Waals surface area (Å²) in [5, 5.41) is 3.51. The quantitative estimate of drug-likeness (QED) is 0.866. The Labute approximate surface area is 141 Å². The average molecular weight is 339 g/mol. The van der Waals surface area contributed by atoms with Crippen LogP contribution < -0.4 is 10.1 Å². The summed E-state index contributed by atoms with van der Waals surface area (Å²) in [6.07, 6.45) is 3.75. The molecular formula is C17H23ClN2O3. The van der Waals surface area contributed by atoms with E-state index in [0.717, 1.165) is 13.1 Å². The van der Waals surface area contributed by atoms with E-state index < -0.39 is 0 Å². The SMILES string of the molecule is O=C(CN1CCOCC1)Nc1cc(Cl)ccc1OCC1CCC1. The second kappa shape index (κ2) is 7.99. The molecule has 3 rings (SSSR count). The molecule has 5 nitrogen and oxygen atoms in total. The number of ether oxygens (including phenoxy) is 2. The molecule has 0 atom stereocenters. The van der Waals surface area contributed by atoms with Gasteiger partial charge in [-0.25, -0.2) is 0 Å². The molecule has 1 saturated carbocycles. The lowest BCUT2D eigenvalue weighted by Gasteiger charge is -2.27. The number of morpholine rings is 1. The molecule has 1 heterocycles. The number of amides is 1. The van der Waals surface area contributed by atoms with Gasteiger partial charge < -0.3 is 14.8 Å². The van der Waals surface area contributed by atoms with Crippen molar-refractivity contribution in [1.29, 1.82) is 0 Å². The minimum absolute atomic E-state index is 0.0531. The van der Waals surface area contributed by atoms with Crippen LogP contribution in [-0.2, 0) is 9.53 Å². The summed E-state index contributed by atoms with van der Waals surface area (Å²) in [4.78, 5) is 14.3. The zero-order valence-corrected chi connectivity index (χ0v) is 14.0. The number of nitrogens with one attached hydrogen (secondary N) is 1. The van der Waals surface area contributed by atoms with Gasteiger partial charge in [0.05, 0.1) is 32.1 Å². The summed E-state index contributed by atoms with van der Waals surface area (Å²) in [6.45, 7) is 3.99. The van der Waals surface area contributed by atoms with Crippen molar-refractivity contribution in [3.8, 4) is 5.75 Å². The topological polar surface area (TPSA) is 50.8 Å². The third-order valence-corrected chi connectivity index (χ3v) is 4.62. The maximum atomic E-state index is 12.3. The molecule has 23 heavy (non-hydrogen) atoms. The van der Waals surface area contributed by atoms with Gasteiger partial charge in [-0.15, -0.1) is 0 Å². The van der Waals surface area contributed by atoms with E-state index in [9.17, 15) is 4.79 Å². The van der Waals surface area contributed by atoms with Crippen LogP contribution in [0.25, 0.3) is 0 Å². The normalized spacial score (nSPS) is 19.2. The van der Waals surface area contributed by atoms with Crippen LogP contribution in [0, 0.1) is 5.92 Å². The highest BCUT2D eigenvalue weighted by Gasteiger charge is 2.19. The Hall–Kier alpha value is -1.30. The van der Waals surface area contributed by atoms with Crippen molar-refractivity contribution in [2.45, 2.75) is 19.3 Å². The highest BCUT2D eigenvalue weighted by molar-refractivity contribution is 6.31. The summed E-state index contributed by atoms with van der Waals surface area (Å²) in [7, 11) is 0. The first-order valence-electron chi connectivity index (χ1n) is 8.23. The maximum absolute atomic E-state index is 12.3. The Kier molecular flexibility index (Phi) is 5.75. The van der Waals surface area contributed by atoms with Gasteiger partial charge in [-0.05, 0) is 37.0 Å². The van der Waals surface area contributed by atoms with Gasteiger partial charge in [-0.2, -0.15) is 0 Å². The molecule has 1 amide bonds. The van der Waals surface area contributed by atoms with Crippen LogP contribution in [-0.4, -0.2) is 50.3 Å². The number of nitrogens with zero attached hydrogens (tertiary/aromatic N) is 1. The molecule has 1 aliphatic heterocycles. The number of rotatable bonds is 6. The Morgan fingerprint density at radius 2 is 2.13 bits per heavy atom. The van der Waals surface area contributed by atoms with Gasteiger partial charge >= 0.3 is 0 Å². The van der Waals surface area contributed by atoms with Crippen LogP contribution in [0.4, 0.5) is 5.69 Å². The lowest BCUT2D eigenvalue weighted by Crippen LogP contribution is -2.41. The molecule has 0 spiro atoms. The molecule has 0 bridgehead atoms. The minimum Gasteiger partial charge on any atom is -0.491 e. The summed E-state index contributed by atoms with van der Waals surface area (Å²) in [5.41, 5.74) is 0.648. The summed E-state index contributed by atoms with van der Waals surface area (Å²) in [6, 6.07) is 5.36. The molecule has 1 N–H and O–H groups in total. The van der Waals surface area contributed by atoms with E-state index in [0.29, 0.717) is 48.7 Å². The number of carbonyl (C=O) groups excluding carboxylic acids is 1. The first-order valence-corrected chi connectivity index (χ1v) is 8.61. The van der Waals surface area contributed by atoms with E-state index >= 15 is 0 Å². The summed E-state index contributed by atoms with van der Waals surface area (Å²) < 4.78 is 11.2. The molecule has 1 aromatic carbocycles. The molecular weight excluding hydrogens is 316 g/mol. The molecule has 1 aliphatic carbocycles. The van der Waals surface area contributed by atoms with Crippen molar-refractivity contribution in [2.24, 2.45) is 5.92 Å². The molecule has 0 unspecified atom stereocenters.